The number of nitrogens with two attached hydrogens (primary N) is 1. The van der Waals surface area contributed by atoms with E-state index in [0.29, 0.717) is 9.50 Å². The molecule has 7 heteroatoms. The molecular formula is C17H16BrClN2O3. The summed E-state index contributed by atoms with van der Waals surface area (Å²) in [6.45, 7) is 1.74. The Balaban J connectivity index is 1.95. The molecule has 24 heavy (non-hydrogen) atoms. The van der Waals surface area contributed by atoms with Crippen LogP contribution in [0, 0.1) is 0 Å². The maximum absolute atomic E-state index is 12.1. The SMILES string of the molecule is CC(OC(=O)c1cc(Br)ccc1N)C(=O)NCc1ccccc1Cl. The Morgan fingerprint density at radius 1 is 1.29 bits per heavy atom. The lowest BCUT2D eigenvalue weighted by Gasteiger charge is -2.15. The zero-order valence-electron chi connectivity index (χ0n) is 12.9. The van der Waals surface area contributed by atoms with Crippen molar-refractivity contribution in [1.82, 2.24) is 5.32 Å². The summed E-state index contributed by atoms with van der Waals surface area (Å²) in [5, 5.41) is 3.24. The minimum absolute atomic E-state index is 0.204. The fourth-order valence-electron chi connectivity index (χ4n) is 1.95. The Kier molecular flexibility index (Phi) is 6.23. The van der Waals surface area contributed by atoms with Gasteiger partial charge < -0.3 is 15.8 Å². The van der Waals surface area contributed by atoms with Gasteiger partial charge in [0.1, 0.15) is 0 Å². The molecule has 0 radical (unpaired) electrons. The van der Waals surface area contributed by atoms with Crippen LogP contribution in [-0.2, 0) is 16.1 Å². The number of carbonyl (C=O) groups excluding carboxylic acids is 2. The molecule has 5 nitrogen and oxygen atoms in total. The summed E-state index contributed by atoms with van der Waals surface area (Å²) in [6, 6.07) is 12.0. The van der Waals surface area contributed by atoms with Crippen LogP contribution in [0.5, 0.6) is 0 Å². The maximum Gasteiger partial charge on any atom is 0.341 e. The third-order valence-corrected chi connectivity index (χ3v) is 4.16. The minimum atomic E-state index is -0.960. The maximum atomic E-state index is 12.1. The van der Waals surface area contributed by atoms with Crippen molar-refractivity contribution in [3.8, 4) is 0 Å². The molecule has 0 saturated carbocycles. The molecule has 3 N–H and O–H groups in total. The number of benzene rings is 2. The predicted octanol–water partition coefficient (Wildman–Crippen LogP) is 3.55. The number of esters is 1. The number of nitrogen functional groups attached to an aromatic ring is 1. The fraction of sp³-hybridized carbons (Fsp3) is 0.176. The Bertz CT molecular complexity index is 767. The Labute approximate surface area is 153 Å². The molecule has 1 amide bonds. The van der Waals surface area contributed by atoms with Crippen LogP contribution in [0.1, 0.15) is 22.8 Å². The predicted molar refractivity (Wildman–Crippen MR) is 96.7 cm³/mol. The van der Waals surface area contributed by atoms with E-state index in [4.69, 9.17) is 22.1 Å². The molecule has 0 aliphatic carbocycles. The molecule has 2 aromatic carbocycles. The monoisotopic (exact) mass is 410 g/mol. The highest BCUT2D eigenvalue weighted by Gasteiger charge is 2.20. The number of ether oxygens (including phenoxy) is 1. The van der Waals surface area contributed by atoms with Crippen molar-refractivity contribution >= 4 is 45.1 Å². The first-order valence-corrected chi connectivity index (χ1v) is 8.32. The van der Waals surface area contributed by atoms with E-state index in [0.717, 1.165) is 5.56 Å². The van der Waals surface area contributed by atoms with E-state index in [1.54, 1.807) is 30.3 Å². The molecule has 2 rings (SSSR count). The second-order valence-electron chi connectivity index (χ2n) is 5.09. The molecule has 1 unspecified atom stereocenters. The van der Waals surface area contributed by atoms with Gasteiger partial charge >= 0.3 is 5.97 Å². The van der Waals surface area contributed by atoms with E-state index < -0.39 is 18.0 Å². The van der Waals surface area contributed by atoms with E-state index in [9.17, 15) is 9.59 Å². The molecular weight excluding hydrogens is 396 g/mol. The van der Waals surface area contributed by atoms with Crippen LogP contribution in [0.4, 0.5) is 5.69 Å². The molecule has 1 atom stereocenters. The van der Waals surface area contributed by atoms with E-state index in [2.05, 4.69) is 21.2 Å². The van der Waals surface area contributed by atoms with E-state index in [1.807, 2.05) is 12.1 Å². The third kappa shape index (κ3) is 4.72. The van der Waals surface area contributed by atoms with Crippen LogP contribution in [0.15, 0.2) is 46.9 Å². The van der Waals surface area contributed by atoms with Gasteiger partial charge in [0.05, 0.1) is 5.56 Å². The highest BCUT2D eigenvalue weighted by molar-refractivity contribution is 9.10. The van der Waals surface area contributed by atoms with Crippen LogP contribution in [-0.4, -0.2) is 18.0 Å². The summed E-state index contributed by atoms with van der Waals surface area (Å²) >= 11 is 9.29. The van der Waals surface area contributed by atoms with Gasteiger partial charge in [-0.3, -0.25) is 4.79 Å². The van der Waals surface area contributed by atoms with Gasteiger partial charge in [0.25, 0.3) is 5.91 Å². The van der Waals surface area contributed by atoms with Crippen LogP contribution < -0.4 is 11.1 Å². The van der Waals surface area contributed by atoms with Gasteiger partial charge in [0, 0.05) is 21.7 Å². The zero-order chi connectivity index (χ0) is 17.7. The van der Waals surface area contributed by atoms with Gasteiger partial charge in [0.15, 0.2) is 6.10 Å². The number of halogens is 2. The van der Waals surface area contributed by atoms with Crippen LogP contribution in [0.25, 0.3) is 0 Å². The number of rotatable bonds is 5. The second-order valence-corrected chi connectivity index (χ2v) is 6.41. The van der Waals surface area contributed by atoms with Gasteiger partial charge in [-0.25, -0.2) is 4.79 Å². The van der Waals surface area contributed by atoms with Crippen LogP contribution >= 0.6 is 27.5 Å². The number of carbonyl (C=O) groups is 2. The summed E-state index contributed by atoms with van der Waals surface area (Å²) in [5.74, 6) is -1.08. The van der Waals surface area contributed by atoms with Gasteiger partial charge in [0.2, 0.25) is 0 Å². The minimum Gasteiger partial charge on any atom is -0.449 e. The van der Waals surface area contributed by atoms with Crippen molar-refractivity contribution in [2.45, 2.75) is 19.6 Å². The van der Waals surface area contributed by atoms with Crippen LogP contribution in [0.3, 0.4) is 0 Å². The number of hydrogen-bond donors (Lipinski definition) is 2. The summed E-state index contributed by atoms with van der Waals surface area (Å²) in [7, 11) is 0. The third-order valence-electron chi connectivity index (χ3n) is 3.30. The van der Waals surface area contributed by atoms with Crippen molar-refractivity contribution in [3.63, 3.8) is 0 Å². The van der Waals surface area contributed by atoms with E-state index in [1.165, 1.54) is 6.92 Å². The highest BCUT2D eigenvalue weighted by atomic mass is 79.9. The molecule has 126 valence electrons. The van der Waals surface area contributed by atoms with Gasteiger partial charge in [-0.15, -0.1) is 0 Å². The Morgan fingerprint density at radius 2 is 2.00 bits per heavy atom. The molecule has 0 aliphatic heterocycles. The lowest BCUT2D eigenvalue weighted by molar-refractivity contribution is -0.129. The average Bonchev–Trinajstić information content (AvgIpc) is 2.55. The molecule has 0 aliphatic rings. The van der Waals surface area contributed by atoms with Crippen molar-refractivity contribution in [2.24, 2.45) is 0 Å². The van der Waals surface area contributed by atoms with E-state index >= 15 is 0 Å². The standard InChI is InChI=1S/C17H16BrClN2O3/c1-10(16(22)21-9-11-4-2-3-5-14(11)19)24-17(23)13-8-12(18)6-7-15(13)20/h2-8,10H,9,20H2,1H3,(H,21,22). The molecule has 0 bridgehead atoms. The molecule has 0 spiro atoms. The lowest BCUT2D eigenvalue weighted by Crippen LogP contribution is -2.35. The second kappa shape index (κ2) is 8.17. The summed E-state index contributed by atoms with van der Waals surface area (Å²) < 4.78 is 5.86. The van der Waals surface area contributed by atoms with Gasteiger partial charge in [-0.2, -0.15) is 0 Å². The number of anilines is 1. The van der Waals surface area contributed by atoms with E-state index in [-0.39, 0.29) is 17.8 Å². The first kappa shape index (κ1) is 18.3. The highest BCUT2D eigenvalue weighted by Crippen LogP contribution is 2.20. The number of amides is 1. The normalized spacial score (nSPS) is 11.6. The lowest BCUT2D eigenvalue weighted by atomic mass is 10.2. The van der Waals surface area contributed by atoms with Crippen molar-refractivity contribution < 1.29 is 14.3 Å². The first-order chi connectivity index (χ1) is 11.4. The zero-order valence-corrected chi connectivity index (χ0v) is 15.2. The molecule has 0 heterocycles. The smallest absolute Gasteiger partial charge is 0.341 e. The Morgan fingerprint density at radius 3 is 2.71 bits per heavy atom. The summed E-state index contributed by atoms with van der Waals surface area (Å²) in [6.07, 6.45) is -0.960. The average molecular weight is 412 g/mol. The number of nitrogens with one attached hydrogen (secondary N) is 1. The summed E-state index contributed by atoms with van der Waals surface area (Å²) in [5.41, 5.74) is 7.02. The molecule has 0 fully saturated rings. The van der Waals surface area contributed by atoms with Crippen molar-refractivity contribution in [1.29, 1.82) is 0 Å². The van der Waals surface area contributed by atoms with Gasteiger partial charge in [-0.05, 0) is 36.8 Å². The first-order valence-electron chi connectivity index (χ1n) is 7.15. The number of hydrogen-bond acceptors (Lipinski definition) is 4. The Hall–Kier alpha value is -2.05. The quantitative estimate of drug-likeness (QED) is 0.582. The molecule has 2 aromatic rings. The van der Waals surface area contributed by atoms with Crippen LogP contribution in [0.2, 0.25) is 5.02 Å². The van der Waals surface area contributed by atoms with Crippen molar-refractivity contribution in [2.75, 3.05) is 5.73 Å². The molecule has 0 aromatic heterocycles. The van der Waals surface area contributed by atoms with Gasteiger partial charge in [-0.1, -0.05) is 45.7 Å². The largest absolute Gasteiger partial charge is 0.449 e. The summed E-state index contributed by atoms with van der Waals surface area (Å²) in [4.78, 5) is 24.2. The fourth-order valence-corrected chi connectivity index (χ4v) is 2.51. The van der Waals surface area contributed by atoms with Crippen molar-refractivity contribution in [3.05, 3.63) is 63.1 Å². The molecule has 0 saturated heterocycles. The topological polar surface area (TPSA) is 81.4 Å².